The lowest BCUT2D eigenvalue weighted by Gasteiger charge is -2.12. The van der Waals surface area contributed by atoms with Crippen molar-refractivity contribution in [2.75, 3.05) is 28.4 Å². The number of benzene rings is 2. The maximum Gasteiger partial charge on any atom is 0.216 e. The van der Waals surface area contributed by atoms with E-state index in [0.717, 1.165) is 5.71 Å². The van der Waals surface area contributed by atoms with Gasteiger partial charge in [-0.15, -0.1) is 0 Å². The highest BCUT2D eigenvalue weighted by molar-refractivity contribution is 5.85. The van der Waals surface area contributed by atoms with Gasteiger partial charge in [-0.05, 0) is 25.0 Å². The molecule has 0 bridgehead atoms. The number of rotatable bonds is 9. The van der Waals surface area contributed by atoms with Crippen molar-refractivity contribution >= 4 is 11.5 Å². The van der Waals surface area contributed by atoms with Crippen LogP contribution >= 0.6 is 0 Å². The van der Waals surface area contributed by atoms with Gasteiger partial charge in [-0.25, -0.2) is 0 Å². The van der Waals surface area contributed by atoms with Gasteiger partial charge in [-0.2, -0.15) is 0 Å². The van der Waals surface area contributed by atoms with E-state index in [1.165, 1.54) is 32.3 Å². The fraction of sp³-hybridized carbons (Fsp3) is 0.417. The van der Waals surface area contributed by atoms with Crippen LogP contribution < -0.4 is 5.73 Å². The number of ketones is 1. The summed E-state index contributed by atoms with van der Waals surface area (Å²) in [6, 6.07) is 20.1. The molecule has 2 aromatic carbocycles. The van der Waals surface area contributed by atoms with Gasteiger partial charge >= 0.3 is 0 Å². The Bertz CT molecular complexity index is 718. The van der Waals surface area contributed by atoms with Gasteiger partial charge in [-0.1, -0.05) is 60.7 Å². The first-order valence-electron chi connectivity index (χ1n) is 9.83. The van der Waals surface area contributed by atoms with E-state index in [1.807, 2.05) is 67.6 Å². The molecule has 0 heterocycles. The first kappa shape index (κ1) is 31.7. The van der Waals surface area contributed by atoms with Crippen molar-refractivity contribution in [2.45, 2.75) is 39.5 Å². The summed E-state index contributed by atoms with van der Waals surface area (Å²) < 4.78 is 19.4. The minimum atomic E-state index is -0.685. The van der Waals surface area contributed by atoms with E-state index in [2.05, 4.69) is 14.5 Å². The van der Waals surface area contributed by atoms with Crippen LogP contribution in [-0.4, -0.2) is 58.0 Å². The van der Waals surface area contributed by atoms with Crippen LogP contribution in [-0.2, 0) is 36.8 Å². The average Bonchev–Trinajstić information content (AvgIpc) is 2.81. The van der Waals surface area contributed by atoms with Gasteiger partial charge < -0.3 is 30.2 Å². The van der Waals surface area contributed by atoms with Crippen LogP contribution in [0.15, 0.2) is 65.7 Å². The molecule has 4 N–H and O–H groups in total. The van der Waals surface area contributed by atoms with Gasteiger partial charge in [0, 0.05) is 35.0 Å². The number of carbonyl (C=O) groups excluding carboxylic acids is 1. The summed E-state index contributed by atoms with van der Waals surface area (Å²) in [5.74, 6) is -0.116. The molecule has 32 heavy (non-hydrogen) atoms. The van der Waals surface area contributed by atoms with Gasteiger partial charge in [0.15, 0.2) is 12.1 Å². The molecule has 0 unspecified atom stereocenters. The molecule has 0 spiro atoms. The van der Waals surface area contributed by atoms with Gasteiger partial charge in [0.05, 0.1) is 12.3 Å². The number of ether oxygens (including phenoxy) is 4. The first-order valence-corrected chi connectivity index (χ1v) is 9.83. The third kappa shape index (κ3) is 14.5. The van der Waals surface area contributed by atoms with E-state index in [0.29, 0.717) is 13.1 Å². The molecular formula is C24H38N2O6. The summed E-state index contributed by atoms with van der Waals surface area (Å²) in [4.78, 5) is 14.8. The molecule has 8 heteroatoms. The minimum absolute atomic E-state index is 0. The SMILES string of the molecule is COC(OC)C(C)=NCc1ccccc1.COC(OC)C(C)=O.NCc1ccccc1.O. The third-order valence-electron chi connectivity index (χ3n) is 3.96. The molecule has 0 aromatic heterocycles. The van der Waals surface area contributed by atoms with E-state index in [9.17, 15) is 4.79 Å². The Labute approximate surface area is 191 Å². The zero-order chi connectivity index (χ0) is 23.5. The van der Waals surface area contributed by atoms with Crippen LogP contribution in [0.5, 0.6) is 0 Å². The molecule has 0 saturated carbocycles. The largest absolute Gasteiger partial charge is 0.412 e. The summed E-state index contributed by atoms with van der Waals surface area (Å²) >= 11 is 0. The number of aliphatic imine (C=N–C) groups is 1. The highest BCUT2D eigenvalue weighted by atomic mass is 16.7. The first-order chi connectivity index (χ1) is 14.9. The number of hydrogen-bond donors (Lipinski definition) is 1. The van der Waals surface area contributed by atoms with Gasteiger partial charge in [0.25, 0.3) is 0 Å². The molecule has 0 aliphatic rings. The lowest BCUT2D eigenvalue weighted by molar-refractivity contribution is -0.154. The molecule has 2 rings (SSSR count). The Kier molecular flexibility index (Phi) is 20.3. The molecule has 0 aliphatic carbocycles. The number of nitrogens with two attached hydrogens (primary N) is 1. The van der Waals surface area contributed by atoms with Crippen LogP contribution in [0.1, 0.15) is 25.0 Å². The van der Waals surface area contributed by atoms with E-state index < -0.39 is 6.29 Å². The molecule has 8 nitrogen and oxygen atoms in total. The van der Waals surface area contributed by atoms with E-state index in [4.69, 9.17) is 15.2 Å². The van der Waals surface area contributed by atoms with Gasteiger partial charge in [0.1, 0.15) is 0 Å². The van der Waals surface area contributed by atoms with Crippen molar-refractivity contribution < 1.29 is 29.2 Å². The fourth-order valence-electron chi connectivity index (χ4n) is 2.35. The van der Waals surface area contributed by atoms with Crippen LogP contribution in [0.25, 0.3) is 0 Å². The summed E-state index contributed by atoms with van der Waals surface area (Å²) in [5.41, 5.74) is 8.57. The molecule has 0 radical (unpaired) electrons. The average molecular weight is 451 g/mol. The number of carbonyl (C=O) groups is 1. The number of hydrogen-bond acceptors (Lipinski definition) is 7. The van der Waals surface area contributed by atoms with Crippen LogP contribution in [0, 0.1) is 0 Å². The Morgan fingerprint density at radius 1 is 0.781 bits per heavy atom. The quantitative estimate of drug-likeness (QED) is 0.463. The molecule has 180 valence electrons. The highest BCUT2D eigenvalue weighted by Crippen LogP contribution is 2.03. The van der Waals surface area contributed by atoms with Crippen molar-refractivity contribution in [3.63, 3.8) is 0 Å². The zero-order valence-electron chi connectivity index (χ0n) is 19.9. The molecule has 0 saturated heterocycles. The summed E-state index contributed by atoms with van der Waals surface area (Å²) in [6.45, 7) is 4.62. The monoisotopic (exact) mass is 450 g/mol. The third-order valence-corrected chi connectivity index (χ3v) is 3.96. The standard InChI is InChI=1S/C12H17NO2.C7H9N.C5H10O3.H2O/c1-10(12(14-2)15-3)13-9-11-7-5-4-6-8-11;8-6-7-4-2-1-3-5-7;1-4(6)5(7-2)8-3;/h4-8,12H,9H2,1-3H3;1-5H,6,8H2;5H,1-3H3;1H2. The van der Waals surface area contributed by atoms with Crippen molar-refractivity contribution in [1.29, 1.82) is 0 Å². The minimum Gasteiger partial charge on any atom is -0.412 e. The highest BCUT2D eigenvalue weighted by Gasteiger charge is 2.09. The summed E-state index contributed by atoms with van der Waals surface area (Å²) in [7, 11) is 6.07. The van der Waals surface area contributed by atoms with Crippen LogP contribution in [0.2, 0.25) is 0 Å². The van der Waals surface area contributed by atoms with Crippen molar-refractivity contribution in [1.82, 2.24) is 0 Å². The summed E-state index contributed by atoms with van der Waals surface area (Å²) in [5, 5.41) is 0. The zero-order valence-corrected chi connectivity index (χ0v) is 19.9. The second-order valence-corrected chi connectivity index (χ2v) is 6.35. The van der Waals surface area contributed by atoms with Crippen LogP contribution in [0.3, 0.4) is 0 Å². The smallest absolute Gasteiger partial charge is 0.216 e. The second-order valence-electron chi connectivity index (χ2n) is 6.35. The molecule has 0 amide bonds. The van der Waals surface area contributed by atoms with Crippen molar-refractivity contribution in [3.05, 3.63) is 71.8 Å². The fourth-order valence-corrected chi connectivity index (χ4v) is 2.35. The maximum atomic E-state index is 10.4. The maximum absolute atomic E-state index is 10.4. The van der Waals surface area contributed by atoms with E-state index in [-0.39, 0.29) is 17.5 Å². The predicted octanol–water partition coefficient (Wildman–Crippen LogP) is 2.78. The molecule has 0 aliphatic heterocycles. The van der Waals surface area contributed by atoms with Crippen molar-refractivity contribution in [2.24, 2.45) is 10.7 Å². The van der Waals surface area contributed by atoms with Crippen molar-refractivity contribution in [3.8, 4) is 0 Å². The lowest BCUT2D eigenvalue weighted by atomic mass is 10.2. The Hall–Kier alpha value is -2.46. The van der Waals surface area contributed by atoms with Crippen LogP contribution in [0.4, 0.5) is 0 Å². The lowest BCUT2D eigenvalue weighted by Crippen LogP contribution is -2.22. The Morgan fingerprint density at radius 2 is 1.19 bits per heavy atom. The van der Waals surface area contributed by atoms with E-state index in [1.54, 1.807) is 14.2 Å². The Balaban J connectivity index is 0. The number of nitrogens with zero attached hydrogens (tertiary/aromatic N) is 1. The molecule has 0 atom stereocenters. The predicted molar refractivity (Wildman–Crippen MR) is 127 cm³/mol. The number of Topliss-reactive ketones (excluding diaryl/α,β-unsaturated/α-hetero) is 1. The molecule has 0 fully saturated rings. The normalized spacial score (nSPS) is 10.5. The molecular weight excluding hydrogens is 412 g/mol. The molecule has 2 aromatic rings. The number of methoxy groups -OCH3 is 4. The van der Waals surface area contributed by atoms with Gasteiger partial charge in [0.2, 0.25) is 6.29 Å². The summed E-state index contributed by atoms with van der Waals surface area (Å²) in [6.07, 6.45) is -1.02. The Morgan fingerprint density at radius 3 is 1.47 bits per heavy atom. The second kappa shape index (κ2) is 20.4. The topological polar surface area (TPSA) is 124 Å². The van der Waals surface area contributed by atoms with Gasteiger partial charge in [-0.3, -0.25) is 9.79 Å². The van der Waals surface area contributed by atoms with E-state index >= 15 is 0 Å².